The van der Waals surface area contributed by atoms with Gasteiger partial charge in [-0.1, -0.05) is 119 Å². The van der Waals surface area contributed by atoms with Gasteiger partial charge in [-0.15, -0.1) is 19.7 Å². The summed E-state index contributed by atoms with van der Waals surface area (Å²) in [5, 5.41) is 33.9. The Balaban J connectivity index is 0.000000141. The van der Waals surface area contributed by atoms with Crippen molar-refractivity contribution in [3.63, 3.8) is 0 Å². The van der Waals surface area contributed by atoms with Gasteiger partial charge in [0, 0.05) is 64.2 Å². The number of rotatable bonds is 18. The molecule has 21 rings (SSSR count). The monoisotopic (exact) mass is 2100 g/mol. The number of carbonyl (C=O) groups is 12. The zero-order valence-corrected chi connectivity index (χ0v) is 84.9. The van der Waals surface area contributed by atoms with E-state index in [0.717, 1.165) is 66.8 Å². The van der Waals surface area contributed by atoms with Crippen molar-refractivity contribution in [2.45, 2.75) is 186 Å². The molecule has 6 aromatic rings. The van der Waals surface area contributed by atoms with E-state index in [-0.39, 0.29) is 97.3 Å². The first-order valence-corrected chi connectivity index (χ1v) is 55.1. The Morgan fingerprint density at radius 1 is 0.347 bits per heavy atom. The molecule has 0 radical (unpaired) electrons. The van der Waals surface area contributed by atoms with E-state index in [9.17, 15) is 82.8 Å². The van der Waals surface area contributed by atoms with Crippen LogP contribution >= 0.6 is 0 Å². The number of amides is 11. The van der Waals surface area contributed by atoms with E-state index in [0.29, 0.717) is 72.9 Å². The molecule has 0 saturated heterocycles. The van der Waals surface area contributed by atoms with E-state index in [4.69, 9.17) is 33.5 Å². The lowest BCUT2D eigenvalue weighted by Crippen LogP contribution is -2.55. The molecule has 12 aliphatic carbocycles. The highest BCUT2D eigenvalue weighted by Gasteiger charge is 2.66. The van der Waals surface area contributed by atoms with Crippen LogP contribution in [0.4, 0.5) is 0 Å². The Hall–Kier alpha value is -14.9. The van der Waals surface area contributed by atoms with Crippen molar-refractivity contribution in [2.75, 3.05) is 39.5 Å². The number of nitrogens with zero attached hydrogens (tertiary/aromatic N) is 3. The number of fused-ring (bicyclic) bond motifs is 18. The average molecular weight is 2110 g/mol. The normalized spacial score (nSPS) is 30.6. The van der Waals surface area contributed by atoms with E-state index in [1.807, 2.05) is 127 Å². The molecule has 3 aliphatic heterocycles. The van der Waals surface area contributed by atoms with Crippen LogP contribution < -0.4 is 70.9 Å². The third kappa shape index (κ3) is 21.7. The number of carbonyl (C=O) groups excluding carboxylic acids is 12. The summed E-state index contributed by atoms with van der Waals surface area (Å²) in [4.78, 5) is 180. The Kier molecular flexibility index (Phi) is 29.2. The Morgan fingerprint density at radius 2 is 0.620 bits per heavy atom. The molecule has 9 saturated carbocycles. The summed E-state index contributed by atoms with van der Waals surface area (Å²) in [6, 6.07) is 37.7. The molecule has 0 unspecified atom stereocenters. The molecule has 11 amide bonds. The molecule has 15 aliphatic rings. The summed E-state index contributed by atoms with van der Waals surface area (Å²) in [6.45, 7) is 17.0. The molecule has 0 spiro atoms. The smallest absolute Gasteiger partial charge is 0.328 e. The van der Waals surface area contributed by atoms with Crippen LogP contribution in [-0.2, 0) is 107 Å². The largest absolute Gasteiger partial charge is 0.490 e. The number of ether oxygens (including phenoxy) is 4. The molecule has 39 nitrogen and oxygen atoms in total. The van der Waals surface area contributed by atoms with Crippen molar-refractivity contribution < 1.29 is 116 Å². The van der Waals surface area contributed by atoms with E-state index in [2.05, 4.69) is 91.9 Å². The lowest BCUT2D eigenvalue weighted by atomic mass is 9.93. The highest BCUT2D eigenvalue weighted by atomic mass is 32.2. The van der Waals surface area contributed by atoms with Crippen molar-refractivity contribution in [3.8, 4) is 50.6 Å². The molecule has 6 aromatic carbocycles. The summed E-state index contributed by atoms with van der Waals surface area (Å²) in [7, 11) is -11.6. The van der Waals surface area contributed by atoms with Crippen molar-refractivity contribution in [1.29, 1.82) is 0 Å². The molecular weight excluding hydrogens is 1990 g/mol. The van der Waals surface area contributed by atoms with Gasteiger partial charge in [0.15, 0.2) is 0 Å². The van der Waals surface area contributed by atoms with Gasteiger partial charge in [0.2, 0.25) is 77.3 Å². The van der Waals surface area contributed by atoms with Gasteiger partial charge in [0.1, 0.15) is 114 Å². The van der Waals surface area contributed by atoms with Gasteiger partial charge in [0.25, 0.3) is 17.7 Å². The summed E-state index contributed by atoms with van der Waals surface area (Å²) in [6.07, 6.45) is 16.8. The number of hydrogen-bond donors (Lipinski definition) is 11. The molecule has 150 heavy (non-hydrogen) atoms. The van der Waals surface area contributed by atoms with Gasteiger partial charge in [-0.2, -0.15) is 0 Å². The Bertz CT molecular complexity index is 6470. The standard InChI is InChI=1S/2C36H39N5O8S.C36H38N4O9S/c2*1-3-21-19-36(21,35(45)41-50(46,47)24-11-12-24)39-34(44)30-18-23-17-29(30)33(43)38-20(2)32(42)37-14-6-7-15-48-22-10-13-26-25-8-4-5-9-27(25)31(40-49-23)28(26)16-22;1-3-21-19-36(21,35(44)40-50(45,46)24-11-12-24)38-33(42)30-18-23-17-29(30)32(41)37-20(2)34(43)48-15-7-6-14-47-22-10-13-26-25-8-4-5-9-27(25)31(39-49-23)28(26)16-22/h2*3-10,13,16,20-21,23-24,29-30H,1,11-12,14-15,17-19H2,2H3,(H,37,42)(H,38,43)(H,39,44)(H,41,45);3-10,13,16,20-21,23-24,29-30H,1,11-12,14-15,17-19H2,2H3,(H,37,41)(H,38,42)(H,40,44)/b7-6+,40-31-;7-6-,40-31-;7-6-,39-31+/t3*20-,21-,23+,29-,30-,36-/m111/s1. The molecule has 12 bridgehead atoms. The van der Waals surface area contributed by atoms with Crippen LogP contribution in [-0.4, -0.2) is 222 Å². The maximum atomic E-state index is 14.0. The van der Waals surface area contributed by atoms with Crippen LogP contribution in [0.1, 0.15) is 150 Å². The fourth-order valence-corrected chi connectivity index (χ4v) is 25.1. The van der Waals surface area contributed by atoms with Crippen molar-refractivity contribution in [2.24, 2.45) is 68.7 Å². The van der Waals surface area contributed by atoms with E-state index in [1.54, 1.807) is 50.3 Å². The van der Waals surface area contributed by atoms with Gasteiger partial charge in [0.05, 0.1) is 51.3 Å². The predicted molar refractivity (Wildman–Crippen MR) is 547 cm³/mol. The van der Waals surface area contributed by atoms with Crippen molar-refractivity contribution in [3.05, 3.63) is 235 Å². The fraction of sp³-hybridized carbons (Fsp3) is 0.417. The SMILES string of the molecule is C=C[C@@H]1C[C@]1(NC(=O)[C@@H]1C[C@@H]2C[C@H]1C(=O)N[C@H](C)C(=O)NC/C=C/COc1ccc3c(c1)/C(=N\O2)c1ccccc1-3)C(=O)NS(=O)(=O)C1CC1.C=C[C@@H]1C[C@]1(NC(=O)[C@@H]1C[C@@H]2C[C@H]1C(=O)N[C@H](C)C(=O)NC/C=C\COc1ccc3c(c1)/C(=N\O2)c1ccccc1-3)C(=O)NS(=O)(=O)C1CC1.C=C[C@@H]1C[C@]1(NC(=O)[C@@H]1C[C@@H]2C[C@H]1C(=O)N[C@H](C)C(=O)OC/C=C\COc1ccc3c(c1)/C(=N/O2)c1ccccc1-3)C(=O)NS(=O)(=O)C1CC1. The third-order valence-corrected chi connectivity index (χ3v) is 35.7. The van der Waals surface area contributed by atoms with Crippen LogP contribution in [0.2, 0.25) is 0 Å². The zero-order valence-electron chi connectivity index (χ0n) is 82.5. The molecule has 9 fully saturated rings. The predicted octanol–water partition coefficient (Wildman–Crippen LogP) is 6.64. The number of oxime groups is 3. The summed E-state index contributed by atoms with van der Waals surface area (Å²) >= 11 is 0. The summed E-state index contributed by atoms with van der Waals surface area (Å²) in [5.74, 6) is -12.8. The highest BCUT2D eigenvalue weighted by molar-refractivity contribution is 7.91. The Morgan fingerprint density at radius 3 is 0.907 bits per heavy atom. The van der Waals surface area contributed by atoms with Gasteiger partial charge in [-0.05, 0) is 229 Å². The number of benzene rings is 6. The minimum atomic E-state index is -3.88. The summed E-state index contributed by atoms with van der Waals surface area (Å²) < 4.78 is 105. The number of hydrogen-bond acceptors (Lipinski definition) is 28. The molecule has 42 heteroatoms. The molecule has 0 aromatic heterocycles. The van der Waals surface area contributed by atoms with Gasteiger partial charge in [-0.3, -0.25) is 66.9 Å². The lowest BCUT2D eigenvalue weighted by molar-refractivity contribution is -0.147. The van der Waals surface area contributed by atoms with Crippen LogP contribution in [0.5, 0.6) is 17.2 Å². The molecule has 18 atom stereocenters. The quantitative estimate of drug-likeness (QED) is 0.0317. The fourth-order valence-electron chi connectivity index (χ4n) is 21.0. The third-order valence-electron chi connectivity index (χ3n) is 30.2. The Labute approximate surface area is 865 Å². The van der Waals surface area contributed by atoms with Crippen molar-refractivity contribution in [1.82, 2.24) is 56.7 Å². The number of nitrogens with one attached hydrogen (secondary N) is 11. The second-order valence-electron chi connectivity index (χ2n) is 40.5. The highest BCUT2D eigenvalue weighted by Crippen LogP contribution is 2.52. The van der Waals surface area contributed by atoms with Gasteiger partial charge < -0.3 is 76.0 Å². The number of sulfonamides is 3. The topological polar surface area (TPSA) is 541 Å². The molecule has 786 valence electrons. The number of cyclic esters (lactones) is 1. The first kappa shape index (κ1) is 104. The van der Waals surface area contributed by atoms with Crippen molar-refractivity contribution >= 4 is 118 Å². The second kappa shape index (κ2) is 42.2. The first-order chi connectivity index (χ1) is 72.0. The minimum Gasteiger partial charge on any atom is -0.490 e. The van der Waals surface area contributed by atoms with Crippen LogP contribution in [0, 0.1) is 53.3 Å². The lowest BCUT2D eigenvalue weighted by Gasteiger charge is -2.24. The first-order valence-electron chi connectivity index (χ1n) is 50.4. The maximum Gasteiger partial charge on any atom is 0.328 e. The second-order valence-corrected chi connectivity index (χ2v) is 46.4. The van der Waals surface area contributed by atoms with E-state index in [1.165, 1.54) is 25.2 Å². The van der Waals surface area contributed by atoms with E-state index < -0.39 is 223 Å². The minimum absolute atomic E-state index is 0.0336. The average Bonchev–Trinajstić information content (AvgIpc) is 1.57. The number of esters is 1. The molecule has 11 N–H and O–H groups in total. The molecular formula is C108H116N14O25S3. The van der Waals surface area contributed by atoms with Crippen LogP contribution in [0.25, 0.3) is 33.4 Å². The van der Waals surface area contributed by atoms with Crippen LogP contribution in [0.3, 0.4) is 0 Å². The maximum absolute atomic E-state index is 14.0. The van der Waals surface area contributed by atoms with E-state index >= 15 is 0 Å². The summed E-state index contributed by atoms with van der Waals surface area (Å²) in [5.41, 5.74) is 8.04. The van der Waals surface area contributed by atoms with Gasteiger partial charge in [-0.25, -0.2) is 30.0 Å². The van der Waals surface area contributed by atoms with Crippen LogP contribution in [0.15, 0.2) is 217 Å². The zero-order chi connectivity index (χ0) is 106. The molecule has 3 heterocycles. The van der Waals surface area contributed by atoms with Gasteiger partial charge >= 0.3 is 5.97 Å².